The Hall–Kier alpha value is -2.43. The third kappa shape index (κ3) is 3.54. The molecule has 0 spiro atoms. The average molecular weight is 270 g/mol. The second-order valence-corrected chi connectivity index (χ2v) is 4.73. The summed E-state index contributed by atoms with van der Waals surface area (Å²) < 4.78 is 1.66. The Morgan fingerprint density at radius 1 is 1.35 bits per heavy atom. The monoisotopic (exact) mass is 270 g/mol. The van der Waals surface area contributed by atoms with Crippen molar-refractivity contribution in [3.8, 4) is 0 Å². The summed E-state index contributed by atoms with van der Waals surface area (Å²) in [7, 11) is 0. The Morgan fingerprint density at radius 2 is 2.10 bits per heavy atom. The van der Waals surface area contributed by atoms with Crippen molar-refractivity contribution in [2.24, 2.45) is 5.10 Å². The van der Waals surface area contributed by atoms with Gasteiger partial charge in [0.15, 0.2) is 0 Å². The minimum Gasteiger partial charge on any atom is -0.271 e. The lowest BCUT2D eigenvalue weighted by Gasteiger charge is -2.03. The molecule has 0 saturated heterocycles. The molecule has 0 aliphatic rings. The summed E-state index contributed by atoms with van der Waals surface area (Å²) in [6.45, 7) is 5.99. The van der Waals surface area contributed by atoms with Gasteiger partial charge in [-0.1, -0.05) is 24.3 Å². The van der Waals surface area contributed by atoms with Crippen LogP contribution in [0.15, 0.2) is 35.4 Å². The molecule has 0 unspecified atom stereocenters. The molecule has 104 valence electrons. The van der Waals surface area contributed by atoms with E-state index in [0.717, 1.165) is 22.5 Å². The van der Waals surface area contributed by atoms with Gasteiger partial charge in [0.1, 0.15) is 6.54 Å². The molecule has 0 aliphatic heterocycles. The summed E-state index contributed by atoms with van der Waals surface area (Å²) in [5, 5.41) is 8.20. The highest BCUT2D eigenvalue weighted by molar-refractivity contribution is 5.83. The average Bonchev–Trinajstić information content (AvgIpc) is 2.70. The number of hydrogen-bond acceptors (Lipinski definition) is 3. The topological polar surface area (TPSA) is 59.3 Å². The van der Waals surface area contributed by atoms with Gasteiger partial charge in [-0.15, -0.1) is 0 Å². The maximum atomic E-state index is 11.8. The molecule has 0 aliphatic carbocycles. The van der Waals surface area contributed by atoms with Crippen molar-refractivity contribution < 1.29 is 4.79 Å². The molecule has 2 aromatic rings. The number of aromatic nitrogens is 2. The zero-order valence-corrected chi connectivity index (χ0v) is 11.9. The fraction of sp³-hybridized carbons (Fsp3) is 0.267. The fourth-order valence-electron chi connectivity index (χ4n) is 1.91. The number of amides is 1. The van der Waals surface area contributed by atoms with Crippen LogP contribution in [-0.2, 0) is 11.3 Å². The van der Waals surface area contributed by atoms with E-state index >= 15 is 0 Å². The van der Waals surface area contributed by atoms with Gasteiger partial charge in [-0.05, 0) is 38.0 Å². The van der Waals surface area contributed by atoms with Crippen LogP contribution in [0.4, 0.5) is 0 Å². The molecule has 5 nitrogen and oxygen atoms in total. The molecular weight excluding hydrogens is 252 g/mol. The highest BCUT2D eigenvalue weighted by Crippen LogP contribution is 2.03. The Morgan fingerprint density at radius 3 is 2.75 bits per heavy atom. The van der Waals surface area contributed by atoms with E-state index in [1.165, 1.54) is 0 Å². The standard InChI is InChI=1S/C15H18N4O/c1-11-6-4-5-7-14(11)9-16-17-15(20)10-19-13(3)8-12(2)18-19/h4-9H,10H2,1-3H3,(H,17,20)/b16-9+. The smallest absolute Gasteiger partial charge is 0.261 e. The second kappa shape index (κ2) is 6.14. The molecule has 1 N–H and O–H groups in total. The first-order valence-corrected chi connectivity index (χ1v) is 6.45. The minimum atomic E-state index is -0.193. The van der Waals surface area contributed by atoms with Crippen molar-refractivity contribution in [3.05, 3.63) is 52.8 Å². The van der Waals surface area contributed by atoms with Gasteiger partial charge in [0, 0.05) is 5.69 Å². The van der Waals surface area contributed by atoms with Gasteiger partial charge in [-0.2, -0.15) is 10.2 Å². The summed E-state index contributed by atoms with van der Waals surface area (Å²) in [6.07, 6.45) is 1.65. The van der Waals surface area contributed by atoms with E-state index in [1.807, 2.05) is 51.1 Å². The summed E-state index contributed by atoms with van der Waals surface area (Å²) in [5.41, 5.74) is 6.47. The quantitative estimate of drug-likeness (QED) is 0.682. The van der Waals surface area contributed by atoms with Crippen molar-refractivity contribution >= 4 is 12.1 Å². The predicted molar refractivity (Wildman–Crippen MR) is 78.6 cm³/mol. The van der Waals surface area contributed by atoms with E-state index in [2.05, 4.69) is 15.6 Å². The van der Waals surface area contributed by atoms with Gasteiger partial charge in [0.05, 0.1) is 11.9 Å². The molecule has 0 fully saturated rings. The van der Waals surface area contributed by atoms with Crippen LogP contribution in [0, 0.1) is 20.8 Å². The van der Waals surface area contributed by atoms with Crippen molar-refractivity contribution in [1.29, 1.82) is 0 Å². The van der Waals surface area contributed by atoms with E-state index in [-0.39, 0.29) is 12.5 Å². The van der Waals surface area contributed by atoms with Gasteiger partial charge in [-0.25, -0.2) is 5.43 Å². The zero-order valence-electron chi connectivity index (χ0n) is 11.9. The van der Waals surface area contributed by atoms with Crippen LogP contribution < -0.4 is 5.43 Å². The summed E-state index contributed by atoms with van der Waals surface area (Å²) in [4.78, 5) is 11.8. The SMILES string of the molecule is Cc1cc(C)n(CC(=O)N/N=C/c2ccccc2C)n1. The summed E-state index contributed by atoms with van der Waals surface area (Å²) >= 11 is 0. The lowest BCUT2D eigenvalue weighted by Crippen LogP contribution is -2.24. The number of aryl methyl sites for hydroxylation is 3. The van der Waals surface area contributed by atoms with E-state index in [0.29, 0.717) is 0 Å². The van der Waals surface area contributed by atoms with Crippen molar-refractivity contribution in [2.75, 3.05) is 0 Å². The maximum Gasteiger partial charge on any atom is 0.261 e. The molecule has 1 aromatic heterocycles. The highest BCUT2D eigenvalue weighted by atomic mass is 16.2. The van der Waals surface area contributed by atoms with Crippen LogP contribution in [0.25, 0.3) is 0 Å². The number of rotatable bonds is 4. The van der Waals surface area contributed by atoms with Crippen molar-refractivity contribution in [1.82, 2.24) is 15.2 Å². The molecule has 0 bridgehead atoms. The predicted octanol–water partition coefficient (Wildman–Crippen LogP) is 1.96. The first-order chi connectivity index (χ1) is 9.56. The maximum absolute atomic E-state index is 11.8. The molecule has 1 aromatic carbocycles. The summed E-state index contributed by atoms with van der Waals surface area (Å²) in [5.74, 6) is -0.193. The molecule has 0 saturated carbocycles. The Bertz CT molecular complexity index is 643. The number of benzene rings is 1. The first kappa shape index (κ1) is 14.0. The number of nitrogens with one attached hydrogen (secondary N) is 1. The molecule has 5 heteroatoms. The Balaban J connectivity index is 1.93. The number of hydrazone groups is 1. The molecule has 2 rings (SSSR count). The van der Waals surface area contributed by atoms with Gasteiger partial charge >= 0.3 is 0 Å². The number of carbonyl (C=O) groups is 1. The van der Waals surface area contributed by atoms with Crippen LogP contribution >= 0.6 is 0 Å². The molecule has 0 atom stereocenters. The van der Waals surface area contributed by atoms with Crippen molar-refractivity contribution in [2.45, 2.75) is 27.3 Å². The molecular formula is C15H18N4O. The van der Waals surface area contributed by atoms with Crippen LogP contribution in [-0.4, -0.2) is 21.9 Å². The van der Waals surface area contributed by atoms with Crippen molar-refractivity contribution in [3.63, 3.8) is 0 Å². The lowest BCUT2D eigenvalue weighted by atomic mass is 10.1. The van der Waals surface area contributed by atoms with Gasteiger partial charge in [-0.3, -0.25) is 9.48 Å². The largest absolute Gasteiger partial charge is 0.271 e. The van der Waals surface area contributed by atoms with Gasteiger partial charge < -0.3 is 0 Å². The zero-order chi connectivity index (χ0) is 14.5. The third-order valence-corrected chi connectivity index (χ3v) is 2.98. The first-order valence-electron chi connectivity index (χ1n) is 6.45. The van der Waals surface area contributed by atoms with Crippen LogP contribution in [0.2, 0.25) is 0 Å². The van der Waals surface area contributed by atoms with Crippen LogP contribution in [0.3, 0.4) is 0 Å². The Labute approximate surface area is 118 Å². The van der Waals surface area contributed by atoms with Gasteiger partial charge in [0.2, 0.25) is 0 Å². The van der Waals surface area contributed by atoms with Crippen LogP contribution in [0.1, 0.15) is 22.5 Å². The molecule has 20 heavy (non-hydrogen) atoms. The summed E-state index contributed by atoms with van der Waals surface area (Å²) in [6, 6.07) is 9.79. The molecule has 1 heterocycles. The number of hydrogen-bond donors (Lipinski definition) is 1. The molecule has 1 amide bonds. The molecule has 0 radical (unpaired) electrons. The minimum absolute atomic E-state index is 0.171. The fourth-order valence-corrected chi connectivity index (χ4v) is 1.91. The van der Waals surface area contributed by atoms with E-state index in [9.17, 15) is 4.79 Å². The number of carbonyl (C=O) groups excluding carboxylic acids is 1. The van der Waals surface area contributed by atoms with E-state index in [4.69, 9.17) is 0 Å². The van der Waals surface area contributed by atoms with Crippen LogP contribution in [0.5, 0.6) is 0 Å². The lowest BCUT2D eigenvalue weighted by molar-refractivity contribution is -0.121. The van der Waals surface area contributed by atoms with E-state index < -0.39 is 0 Å². The van der Waals surface area contributed by atoms with Gasteiger partial charge in [0.25, 0.3) is 5.91 Å². The second-order valence-electron chi connectivity index (χ2n) is 4.73. The highest BCUT2D eigenvalue weighted by Gasteiger charge is 2.05. The van der Waals surface area contributed by atoms with E-state index in [1.54, 1.807) is 10.9 Å². The third-order valence-electron chi connectivity index (χ3n) is 2.98. The number of nitrogens with zero attached hydrogens (tertiary/aromatic N) is 3. The normalized spacial score (nSPS) is 10.9. The Kier molecular flexibility index (Phi) is 4.30.